The topological polar surface area (TPSA) is 25.8 Å². The molecule has 0 N–H and O–H groups in total. The van der Waals surface area contributed by atoms with E-state index in [4.69, 9.17) is 0 Å². The summed E-state index contributed by atoms with van der Waals surface area (Å²) in [4.78, 5) is 0. The first-order valence-electron chi connectivity index (χ1n) is 4.66. The number of aryl methyl sites for hydroxylation is 1. The van der Waals surface area contributed by atoms with Crippen molar-refractivity contribution in [2.24, 2.45) is 0 Å². The molecule has 0 radical (unpaired) electrons. The number of hydrogen-bond acceptors (Lipinski definition) is 2. The molecule has 12 heavy (non-hydrogen) atoms. The monoisotopic (exact) mass is 164 g/mol. The van der Waals surface area contributed by atoms with E-state index in [0.29, 0.717) is 0 Å². The highest BCUT2D eigenvalue weighted by Crippen LogP contribution is 2.38. The van der Waals surface area contributed by atoms with Gasteiger partial charge in [-0.25, -0.2) is 0 Å². The minimum absolute atomic E-state index is 0.730. The van der Waals surface area contributed by atoms with E-state index in [0.717, 1.165) is 11.6 Å². The fourth-order valence-corrected chi connectivity index (χ4v) is 1.01. The van der Waals surface area contributed by atoms with Crippen molar-refractivity contribution in [1.82, 2.24) is 10.2 Å². The molecule has 1 aliphatic carbocycles. The molecule has 0 spiro atoms. The predicted molar refractivity (Wildman–Crippen MR) is 50.1 cm³/mol. The van der Waals surface area contributed by atoms with Gasteiger partial charge >= 0.3 is 0 Å². The second kappa shape index (κ2) is 4.19. The summed E-state index contributed by atoms with van der Waals surface area (Å²) in [5.74, 6) is 0.730. The van der Waals surface area contributed by atoms with Crippen LogP contribution >= 0.6 is 0 Å². The maximum atomic E-state index is 4.09. The number of nitrogens with zero attached hydrogens (tertiary/aromatic N) is 2. The Morgan fingerprint density at radius 2 is 1.83 bits per heavy atom. The molecule has 1 fully saturated rings. The Morgan fingerprint density at radius 1 is 1.17 bits per heavy atom. The molecule has 0 atom stereocenters. The van der Waals surface area contributed by atoms with Crippen molar-refractivity contribution < 1.29 is 0 Å². The fourth-order valence-electron chi connectivity index (χ4n) is 1.01. The van der Waals surface area contributed by atoms with Crippen LogP contribution in [0.15, 0.2) is 12.1 Å². The molecular formula is C10H16N2. The van der Waals surface area contributed by atoms with Gasteiger partial charge in [-0.05, 0) is 31.9 Å². The predicted octanol–water partition coefficient (Wildman–Crippen LogP) is 2.69. The van der Waals surface area contributed by atoms with Crippen molar-refractivity contribution in [3.63, 3.8) is 0 Å². The first-order valence-corrected chi connectivity index (χ1v) is 4.66. The smallest absolute Gasteiger partial charge is 0.0662 e. The van der Waals surface area contributed by atoms with Gasteiger partial charge in [0.25, 0.3) is 0 Å². The molecule has 1 aromatic heterocycles. The van der Waals surface area contributed by atoms with Crippen LogP contribution in [-0.4, -0.2) is 10.2 Å². The van der Waals surface area contributed by atoms with E-state index < -0.39 is 0 Å². The highest BCUT2D eigenvalue weighted by atomic mass is 15.1. The lowest BCUT2D eigenvalue weighted by Gasteiger charge is -1.93. The maximum absolute atomic E-state index is 4.09. The molecule has 1 heterocycles. The molecule has 0 saturated heterocycles. The minimum Gasteiger partial charge on any atom is -0.156 e. The van der Waals surface area contributed by atoms with E-state index >= 15 is 0 Å². The van der Waals surface area contributed by atoms with E-state index in [1.807, 2.05) is 26.8 Å². The summed E-state index contributed by atoms with van der Waals surface area (Å²) in [6.45, 7) is 5.96. The van der Waals surface area contributed by atoms with Crippen molar-refractivity contribution >= 4 is 0 Å². The Hall–Kier alpha value is -0.920. The second-order valence-corrected chi connectivity index (χ2v) is 2.87. The molecule has 1 aromatic rings. The maximum Gasteiger partial charge on any atom is 0.0662 e. The third-order valence-electron chi connectivity index (χ3n) is 1.81. The van der Waals surface area contributed by atoms with Gasteiger partial charge < -0.3 is 0 Å². The van der Waals surface area contributed by atoms with E-state index in [1.165, 1.54) is 18.5 Å². The summed E-state index contributed by atoms with van der Waals surface area (Å²) in [6, 6.07) is 4.11. The lowest BCUT2D eigenvalue weighted by molar-refractivity contribution is 0.885. The van der Waals surface area contributed by atoms with Crippen LogP contribution in [0.1, 0.15) is 44.0 Å². The van der Waals surface area contributed by atoms with Crippen LogP contribution in [0.3, 0.4) is 0 Å². The molecule has 0 aromatic carbocycles. The van der Waals surface area contributed by atoms with Crippen molar-refractivity contribution in [1.29, 1.82) is 0 Å². The zero-order valence-electron chi connectivity index (χ0n) is 8.04. The van der Waals surface area contributed by atoms with E-state index in [1.54, 1.807) is 0 Å². The standard InChI is InChI=1S/C8H10N2.C2H6/c1-6-2-5-8(10-9-6)7-3-4-7;1-2/h2,5,7H,3-4H2,1H3;1-2H3. The van der Waals surface area contributed by atoms with Gasteiger partial charge in [0.2, 0.25) is 0 Å². The van der Waals surface area contributed by atoms with Crippen molar-refractivity contribution in [3.05, 3.63) is 23.5 Å². The largest absolute Gasteiger partial charge is 0.156 e. The van der Waals surface area contributed by atoms with E-state index in [-0.39, 0.29) is 0 Å². The van der Waals surface area contributed by atoms with Crippen LogP contribution in [0.4, 0.5) is 0 Å². The number of hydrogen-bond donors (Lipinski definition) is 0. The van der Waals surface area contributed by atoms with Crippen LogP contribution in [0.5, 0.6) is 0 Å². The first kappa shape index (κ1) is 9.17. The van der Waals surface area contributed by atoms with Gasteiger partial charge in [-0.2, -0.15) is 10.2 Å². The molecule has 2 rings (SSSR count). The average Bonchev–Trinajstić information content (AvgIpc) is 2.93. The minimum atomic E-state index is 0.730. The summed E-state index contributed by atoms with van der Waals surface area (Å²) in [5, 5.41) is 8.08. The van der Waals surface area contributed by atoms with Gasteiger partial charge in [0.05, 0.1) is 11.4 Å². The Kier molecular flexibility index (Phi) is 3.20. The summed E-state index contributed by atoms with van der Waals surface area (Å²) in [5.41, 5.74) is 2.18. The highest BCUT2D eigenvalue weighted by molar-refractivity contribution is 5.14. The van der Waals surface area contributed by atoms with Crippen LogP contribution in [0.2, 0.25) is 0 Å². The highest BCUT2D eigenvalue weighted by Gasteiger charge is 2.24. The molecule has 0 bridgehead atoms. The Labute approximate surface area is 74.0 Å². The lowest BCUT2D eigenvalue weighted by Crippen LogP contribution is -1.90. The number of aromatic nitrogens is 2. The molecule has 1 saturated carbocycles. The van der Waals surface area contributed by atoms with Crippen molar-refractivity contribution in [3.8, 4) is 0 Å². The van der Waals surface area contributed by atoms with Gasteiger partial charge in [-0.3, -0.25) is 0 Å². The SMILES string of the molecule is CC.Cc1ccc(C2CC2)nn1. The van der Waals surface area contributed by atoms with Crippen LogP contribution in [0.25, 0.3) is 0 Å². The Morgan fingerprint density at radius 3 is 2.25 bits per heavy atom. The van der Waals surface area contributed by atoms with Gasteiger partial charge in [-0.1, -0.05) is 13.8 Å². The third kappa shape index (κ3) is 2.29. The van der Waals surface area contributed by atoms with Gasteiger partial charge in [0, 0.05) is 5.92 Å². The normalized spacial score (nSPS) is 14.9. The Bertz CT molecular complexity index is 224. The van der Waals surface area contributed by atoms with Crippen LogP contribution in [0, 0.1) is 6.92 Å². The van der Waals surface area contributed by atoms with Gasteiger partial charge in [-0.15, -0.1) is 0 Å². The number of rotatable bonds is 1. The Balaban J connectivity index is 0.000000336. The summed E-state index contributed by atoms with van der Waals surface area (Å²) in [7, 11) is 0. The zero-order chi connectivity index (χ0) is 8.97. The van der Waals surface area contributed by atoms with Gasteiger partial charge in [0.1, 0.15) is 0 Å². The second-order valence-electron chi connectivity index (χ2n) is 2.87. The van der Waals surface area contributed by atoms with Crippen molar-refractivity contribution in [2.45, 2.75) is 39.5 Å². The third-order valence-corrected chi connectivity index (χ3v) is 1.81. The molecule has 66 valence electrons. The van der Waals surface area contributed by atoms with Gasteiger partial charge in [0.15, 0.2) is 0 Å². The first-order chi connectivity index (χ1) is 5.86. The molecule has 0 amide bonds. The zero-order valence-corrected chi connectivity index (χ0v) is 8.04. The molecule has 2 heteroatoms. The lowest BCUT2D eigenvalue weighted by atomic mass is 10.2. The molecule has 1 aliphatic rings. The summed E-state index contributed by atoms with van der Waals surface area (Å²) >= 11 is 0. The van der Waals surface area contributed by atoms with Crippen molar-refractivity contribution in [2.75, 3.05) is 0 Å². The molecule has 2 nitrogen and oxygen atoms in total. The summed E-state index contributed by atoms with van der Waals surface area (Å²) < 4.78 is 0. The van der Waals surface area contributed by atoms with Crippen LogP contribution in [-0.2, 0) is 0 Å². The van der Waals surface area contributed by atoms with E-state index in [2.05, 4.69) is 16.3 Å². The molecule has 0 aliphatic heterocycles. The molecule has 0 unspecified atom stereocenters. The fraction of sp³-hybridized carbons (Fsp3) is 0.600. The summed E-state index contributed by atoms with van der Waals surface area (Å²) in [6.07, 6.45) is 2.61. The van der Waals surface area contributed by atoms with E-state index in [9.17, 15) is 0 Å². The van der Waals surface area contributed by atoms with Crippen LogP contribution < -0.4 is 0 Å². The molecular weight excluding hydrogens is 148 g/mol. The quantitative estimate of drug-likeness (QED) is 0.637. The average molecular weight is 164 g/mol.